The van der Waals surface area contributed by atoms with Crippen LogP contribution in [-0.2, 0) is 16.0 Å². The van der Waals surface area contributed by atoms with Gasteiger partial charge in [-0.25, -0.2) is 14.4 Å². The summed E-state index contributed by atoms with van der Waals surface area (Å²) in [7, 11) is 0. The highest BCUT2D eigenvalue weighted by Gasteiger charge is 2.16. The van der Waals surface area contributed by atoms with Crippen molar-refractivity contribution in [3.05, 3.63) is 101 Å². The predicted molar refractivity (Wildman–Crippen MR) is 182 cm³/mol. The summed E-state index contributed by atoms with van der Waals surface area (Å²) in [4.78, 5) is 37.7. The van der Waals surface area contributed by atoms with Crippen LogP contribution in [0.15, 0.2) is 78.2 Å². The first kappa shape index (κ1) is 35.9. The largest absolute Gasteiger partial charge is 0.463 e. The van der Waals surface area contributed by atoms with Gasteiger partial charge >= 0.3 is 17.9 Å². The monoisotopic (exact) mass is 650 g/mol. The van der Waals surface area contributed by atoms with Crippen LogP contribution in [-0.4, -0.2) is 30.3 Å². The summed E-state index contributed by atoms with van der Waals surface area (Å²) >= 11 is 8.06. The van der Waals surface area contributed by atoms with E-state index in [4.69, 9.17) is 25.8 Å². The van der Waals surface area contributed by atoms with Gasteiger partial charge in [0.1, 0.15) is 11.5 Å². The lowest BCUT2D eigenvalue weighted by Crippen LogP contribution is -2.11. The highest BCUT2D eigenvalue weighted by molar-refractivity contribution is 7.99. The van der Waals surface area contributed by atoms with E-state index in [0.29, 0.717) is 17.9 Å². The van der Waals surface area contributed by atoms with Gasteiger partial charge < -0.3 is 14.2 Å². The number of aryl methyl sites for hydroxylation is 2. The molecule has 0 spiro atoms. The van der Waals surface area contributed by atoms with Crippen LogP contribution in [0.25, 0.3) is 0 Å². The highest BCUT2D eigenvalue weighted by atomic mass is 35.5. The fourth-order valence-corrected chi connectivity index (χ4v) is 5.89. The average Bonchev–Trinajstić information content (AvgIpc) is 3.03. The SMILES string of the molecule is C=CC(=O)OCCCCSc1ccc(C(=O)Oc2ccc(C(=O)Oc3ccc(CCCCCCCCC)cc3)c(Cl)c2)cc1C. The number of unbranched alkanes of at least 4 members (excludes halogenated alkanes) is 7. The molecule has 3 rings (SSSR count). The van der Waals surface area contributed by atoms with Crippen LogP contribution in [0, 0.1) is 6.92 Å². The second kappa shape index (κ2) is 19.8. The summed E-state index contributed by atoms with van der Waals surface area (Å²) in [6, 6.07) is 17.4. The third kappa shape index (κ3) is 12.8. The van der Waals surface area contributed by atoms with E-state index < -0.39 is 17.9 Å². The molecular formula is C37H43ClO6S. The molecule has 0 amide bonds. The number of carbonyl (C=O) groups is 3. The molecule has 0 saturated heterocycles. The molecule has 0 unspecified atom stereocenters. The zero-order valence-corrected chi connectivity index (χ0v) is 27.9. The summed E-state index contributed by atoms with van der Waals surface area (Å²) in [5.74, 6) is 0.00653. The summed E-state index contributed by atoms with van der Waals surface area (Å²) in [6.07, 6.45) is 12.7. The van der Waals surface area contributed by atoms with Gasteiger partial charge in [-0.15, -0.1) is 11.8 Å². The summed E-state index contributed by atoms with van der Waals surface area (Å²) in [5, 5.41) is 0.128. The Kier molecular flexibility index (Phi) is 15.8. The lowest BCUT2D eigenvalue weighted by molar-refractivity contribution is -0.137. The molecule has 0 N–H and O–H groups in total. The normalized spacial score (nSPS) is 10.7. The van der Waals surface area contributed by atoms with E-state index in [1.54, 1.807) is 36.0 Å². The molecule has 0 atom stereocenters. The van der Waals surface area contributed by atoms with E-state index in [1.807, 2.05) is 25.1 Å². The second-order valence-electron chi connectivity index (χ2n) is 10.8. The van der Waals surface area contributed by atoms with Crippen molar-refractivity contribution in [2.45, 2.75) is 83.0 Å². The molecule has 0 heterocycles. The van der Waals surface area contributed by atoms with Gasteiger partial charge in [-0.1, -0.05) is 75.8 Å². The van der Waals surface area contributed by atoms with E-state index in [2.05, 4.69) is 13.5 Å². The van der Waals surface area contributed by atoms with Crippen LogP contribution in [0.3, 0.4) is 0 Å². The minimum Gasteiger partial charge on any atom is -0.463 e. The zero-order valence-electron chi connectivity index (χ0n) is 26.3. The number of rotatable bonds is 19. The van der Waals surface area contributed by atoms with Gasteiger partial charge in [0, 0.05) is 17.0 Å². The maximum Gasteiger partial charge on any atom is 0.345 e. The van der Waals surface area contributed by atoms with Crippen molar-refractivity contribution in [2.75, 3.05) is 12.4 Å². The van der Waals surface area contributed by atoms with Crippen molar-refractivity contribution < 1.29 is 28.6 Å². The van der Waals surface area contributed by atoms with Crippen LogP contribution in [0.5, 0.6) is 11.5 Å². The van der Waals surface area contributed by atoms with Crippen LogP contribution in [0.2, 0.25) is 5.02 Å². The molecule has 0 aliphatic rings. The van der Waals surface area contributed by atoms with Crippen molar-refractivity contribution in [1.82, 2.24) is 0 Å². The number of hydrogen-bond acceptors (Lipinski definition) is 7. The number of hydrogen-bond donors (Lipinski definition) is 0. The molecule has 0 radical (unpaired) electrons. The first-order valence-corrected chi connectivity index (χ1v) is 17.0. The molecule has 45 heavy (non-hydrogen) atoms. The van der Waals surface area contributed by atoms with E-state index in [0.717, 1.165) is 48.0 Å². The molecule has 8 heteroatoms. The maximum atomic E-state index is 12.8. The minimum atomic E-state index is -0.584. The number of thioether (sulfide) groups is 1. The summed E-state index contributed by atoms with van der Waals surface area (Å²) < 4.78 is 16.1. The average molecular weight is 651 g/mol. The van der Waals surface area contributed by atoms with E-state index >= 15 is 0 Å². The van der Waals surface area contributed by atoms with Crippen LogP contribution < -0.4 is 9.47 Å². The minimum absolute atomic E-state index is 0.128. The van der Waals surface area contributed by atoms with E-state index in [-0.39, 0.29) is 16.3 Å². The zero-order chi connectivity index (χ0) is 32.4. The second-order valence-corrected chi connectivity index (χ2v) is 12.4. The van der Waals surface area contributed by atoms with Crippen molar-refractivity contribution >= 4 is 41.3 Å². The molecular weight excluding hydrogens is 608 g/mol. The molecule has 3 aromatic carbocycles. The number of carbonyl (C=O) groups excluding carboxylic acids is 3. The third-order valence-electron chi connectivity index (χ3n) is 7.19. The predicted octanol–water partition coefficient (Wildman–Crippen LogP) is 9.98. The Morgan fingerprint density at radius 1 is 0.800 bits per heavy atom. The number of ether oxygens (including phenoxy) is 3. The lowest BCUT2D eigenvalue weighted by Gasteiger charge is -2.10. The Bertz CT molecular complexity index is 1420. The molecule has 0 fully saturated rings. The molecule has 240 valence electrons. The molecule has 0 aliphatic carbocycles. The van der Waals surface area contributed by atoms with Gasteiger partial charge in [-0.3, -0.25) is 0 Å². The Morgan fingerprint density at radius 3 is 2.18 bits per heavy atom. The summed E-state index contributed by atoms with van der Waals surface area (Å²) in [5.41, 5.74) is 2.76. The molecule has 0 bridgehead atoms. The van der Waals surface area contributed by atoms with Crippen LogP contribution >= 0.6 is 23.4 Å². The van der Waals surface area contributed by atoms with E-state index in [9.17, 15) is 14.4 Å². The van der Waals surface area contributed by atoms with Gasteiger partial charge in [0.05, 0.1) is 22.8 Å². The Hall–Kier alpha value is -3.55. The highest BCUT2D eigenvalue weighted by Crippen LogP contribution is 2.27. The molecule has 3 aromatic rings. The van der Waals surface area contributed by atoms with Gasteiger partial charge in [-0.05, 0) is 92.0 Å². The first-order valence-electron chi connectivity index (χ1n) is 15.7. The van der Waals surface area contributed by atoms with Crippen LogP contribution in [0.1, 0.15) is 96.6 Å². The standard InChI is InChI=1S/C37H43ClO6S/c1-4-6-7-8-9-10-11-14-28-15-18-30(19-16-28)43-37(41)32-21-20-31(26-33(32)38)44-36(40)29-17-22-34(27(3)25-29)45-24-13-12-23-42-35(39)5-2/h5,15-22,25-26H,2,4,6-14,23-24H2,1,3H3. The third-order valence-corrected chi connectivity index (χ3v) is 8.77. The van der Waals surface area contributed by atoms with Crippen molar-refractivity contribution in [1.29, 1.82) is 0 Å². The molecule has 0 aliphatic heterocycles. The van der Waals surface area contributed by atoms with Crippen molar-refractivity contribution in [3.63, 3.8) is 0 Å². The maximum absolute atomic E-state index is 12.8. The van der Waals surface area contributed by atoms with Gasteiger partial charge in [0.25, 0.3) is 0 Å². The Morgan fingerprint density at radius 2 is 1.49 bits per heavy atom. The molecule has 0 aromatic heterocycles. The quantitative estimate of drug-likeness (QED) is 0.0420. The smallest absolute Gasteiger partial charge is 0.345 e. The Labute approximate surface area is 276 Å². The number of halogens is 1. The topological polar surface area (TPSA) is 78.9 Å². The number of esters is 3. The lowest BCUT2D eigenvalue weighted by atomic mass is 10.0. The van der Waals surface area contributed by atoms with E-state index in [1.165, 1.54) is 62.3 Å². The van der Waals surface area contributed by atoms with Gasteiger partial charge in [-0.2, -0.15) is 0 Å². The van der Waals surface area contributed by atoms with Crippen molar-refractivity contribution in [2.24, 2.45) is 0 Å². The fourth-order valence-electron chi connectivity index (χ4n) is 4.62. The van der Waals surface area contributed by atoms with Gasteiger partial charge in [0.15, 0.2) is 0 Å². The molecule has 6 nitrogen and oxygen atoms in total. The fraction of sp³-hybridized carbons (Fsp3) is 0.378. The first-order chi connectivity index (χ1) is 21.8. The molecule has 0 saturated carbocycles. The van der Waals surface area contributed by atoms with Crippen molar-refractivity contribution in [3.8, 4) is 11.5 Å². The summed E-state index contributed by atoms with van der Waals surface area (Å²) in [6.45, 7) is 7.91. The Balaban J connectivity index is 1.45. The number of benzene rings is 3. The van der Waals surface area contributed by atoms with Gasteiger partial charge in [0.2, 0.25) is 0 Å². The van der Waals surface area contributed by atoms with Crippen LogP contribution in [0.4, 0.5) is 0 Å².